The van der Waals surface area contributed by atoms with Crippen molar-refractivity contribution in [3.8, 4) is 5.75 Å². The van der Waals surface area contributed by atoms with Gasteiger partial charge in [0.2, 0.25) is 0 Å². The van der Waals surface area contributed by atoms with Crippen LogP contribution in [0.2, 0.25) is 0 Å². The SMILES string of the molecule is COCCOc1cccc(NC(=S)Nc2ccccc2)c1. The average Bonchev–Trinajstić information content (AvgIpc) is 2.49. The van der Waals surface area contributed by atoms with Gasteiger partial charge in [0.05, 0.1) is 6.61 Å². The Morgan fingerprint density at radius 3 is 2.43 bits per heavy atom. The van der Waals surface area contributed by atoms with E-state index in [0.29, 0.717) is 18.3 Å². The smallest absolute Gasteiger partial charge is 0.175 e. The van der Waals surface area contributed by atoms with Gasteiger partial charge in [-0.15, -0.1) is 0 Å². The highest BCUT2D eigenvalue weighted by molar-refractivity contribution is 7.80. The fourth-order valence-electron chi connectivity index (χ4n) is 1.72. The van der Waals surface area contributed by atoms with Gasteiger partial charge < -0.3 is 20.1 Å². The van der Waals surface area contributed by atoms with Gasteiger partial charge in [-0.2, -0.15) is 0 Å². The maximum atomic E-state index is 5.56. The summed E-state index contributed by atoms with van der Waals surface area (Å²) in [5.74, 6) is 0.777. The molecule has 0 saturated heterocycles. The number of thiocarbonyl (C=S) groups is 1. The Balaban J connectivity index is 1.90. The highest BCUT2D eigenvalue weighted by atomic mass is 32.1. The minimum Gasteiger partial charge on any atom is -0.491 e. The fourth-order valence-corrected chi connectivity index (χ4v) is 1.96. The molecule has 2 N–H and O–H groups in total. The Morgan fingerprint density at radius 1 is 0.952 bits per heavy atom. The summed E-state index contributed by atoms with van der Waals surface area (Å²) in [6.45, 7) is 1.08. The number of rotatable bonds is 6. The van der Waals surface area contributed by atoms with Crippen LogP contribution in [0.1, 0.15) is 0 Å². The van der Waals surface area contributed by atoms with Gasteiger partial charge in [0.15, 0.2) is 5.11 Å². The average molecular weight is 302 g/mol. The van der Waals surface area contributed by atoms with Gasteiger partial charge in [-0.1, -0.05) is 24.3 Å². The summed E-state index contributed by atoms with van der Waals surface area (Å²) in [7, 11) is 1.65. The monoisotopic (exact) mass is 302 g/mol. The fraction of sp³-hybridized carbons (Fsp3) is 0.188. The highest BCUT2D eigenvalue weighted by Gasteiger charge is 2.00. The van der Waals surface area contributed by atoms with Crippen LogP contribution in [0.4, 0.5) is 11.4 Å². The number of anilines is 2. The Morgan fingerprint density at radius 2 is 1.67 bits per heavy atom. The lowest BCUT2D eigenvalue weighted by Gasteiger charge is -2.12. The van der Waals surface area contributed by atoms with E-state index in [0.717, 1.165) is 17.1 Å². The molecule has 21 heavy (non-hydrogen) atoms. The van der Waals surface area contributed by atoms with Crippen LogP contribution >= 0.6 is 12.2 Å². The number of nitrogens with one attached hydrogen (secondary N) is 2. The van der Waals surface area contributed by atoms with Crippen LogP contribution in [0.3, 0.4) is 0 Å². The molecular weight excluding hydrogens is 284 g/mol. The first kappa shape index (κ1) is 15.3. The number of benzene rings is 2. The third-order valence-corrected chi connectivity index (χ3v) is 2.88. The zero-order valence-electron chi connectivity index (χ0n) is 11.8. The molecule has 0 amide bonds. The molecule has 0 heterocycles. The van der Waals surface area contributed by atoms with E-state index in [1.54, 1.807) is 7.11 Å². The number of hydrogen-bond acceptors (Lipinski definition) is 3. The third-order valence-electron chi connectivity index (χ3n) is 2.68. The minimum atomic E-state index is 0.521. The number of ether oxygens (including phenoxy) is 2. The molecule has 0 spiro atoms. The summed E-state index contributed by atoms with van der Waals surface area (Å²) in [6, 6.07) is 17.4. The van der Waals surface area contributed by atoms with Crippen molar-refractivity contribution in [1.82, 2.24) is 0 Å². The molecule has 5 heteroatoms. The van der Waals surface area contributed by atoms with Crippen molar-refractivity contribution >= 4 is 28.7 Å². The largest absolute Gasteiger partial charge is 0.491 e. The van der Waals surface area contributed by atoms with E-state index in [-0.39, 0.29) is 0 Å². The van der Waals surface area contributed by atoms with Gasteiger partial charge in [-0.05, 0) is 36.5 Å². The molecule has 0 unspecified atom stereocenters. The maximum absolute atomic E-state index is 5.56. The summed E-state index contributed by atoms with van der Waals surface area (Å²) < 4.78 is 10.5. The molecule has 0 aliphatic carbocycles. The van der Waals surface area contributed by atoms with Crippen molar-refractivity contribution in [2.24, 2.45) is 0 Å². The van der Waals surface area contributed by atoms with Crippen molar-refractivity contribution in [2.75, 3.05) is 31.0 Å². The van der Waals surface area contributed by atoms with Crippen LogP contribution in [0.25, 0.3) is 0 Å². The van der Waals surface area contributed by atoms with E-state index in [2.05, 4.69) is 10.6 Å². The molecule has 0 aromatic heterocycles. The lowest BCUT2D eigenvalue weighted by Crippen LogP contribution is -2.19. The van der Waals surface area contributed by atoms with Gasteiger partial charge in [0.1, 0.15) is 12.4 Å². The first-order valence-electron chi connectivity index (χ1n) is 6.63. The molecule has 0 bridgehead atoms. The second kappa shape index (κ2) is 8.24. The van der Waals surface area contributed by atoms with E-state index in [4.69, 9.17) is 21.7 Å². The molecule has 2 aromatic carbocycles. The Labute approximate surface area is 130 Å². The minimum absolute atomic E-state index is 0.521. The molecule has 0 fully saturated rings. The third kappa shape index (κ3) is 5.41. The molecule has 0 radical (unpaired) electrons. The molecule has 2 rings (SSSR count). The Kier molecular flexibility index (Phi) is 5.99. The van der Waals surface area contributed by atoms with Gasteiger partial charge in [-0.3, -0.25) is 0 Å². The van der Waals surface area contributed by atoms with Crippen LogP contribution in [0.5, 0.6) is 5.75 Å². The van der Waals surface area contributed by atoms with Crippen molar-refractivity contribution in [3.63, 3.8) is 0 Å². The van der Waals surface area contributed by atoms with Gasteiger partial charge in [-0.25, -0.2) is 0 Å². The Hall–Kier alpha value is -2.11. The second-order valence-corrected chi connectivity index (χ2v) is 4.72. The van der Waals surface area contributed by atoms with Gasteiger partial charge in [0.25, 0.3) is 0 Å². The van der Waals surface area contributed by atoms with E-state index in [1.807, 2.05) is 54.6 Å². The molecular formula is C16H18N2O2S. The maximum Gasteiger partial charge on any atom is 0.175 e. The van der Waals surface area contributed by atoms with Crippen LogP contribution in [0.15, 0.2) is 54.6 Å². The molecule has 2 aromatic rings. The van der Waals surface area contributed by atoms with E-state index in [9.17, 15) is 0 Å². The Bertz CT molecular complexity index is 575. The van der Waals surface area contributed by atoms with E-state index in [1.165, 1.54) is 0 Å². The van der Waals surface area contributed by atoms with E-state index < -0.39 is 0 Å². The standard InChI is InChI=1S/C16H18N2O2S/c1-19-10-11-20-15-9-5-8-14(12-15)18-16(21)17-13-6-3-2-4-7-13/h2-9,12H,10-11H2,1H3,(H2,17,18,21). The molecule has 110 valence electrons. The second-order valence-electron chi connectivity index (χ2n) is 4.31. The molecule has 0 aliphatic rings. The summed E-state index contributed by atoms with van der Waals surface area (Å²) in [6.07, 6.45) is 0. The molecule has 0 saturated carbocycles. The lowest BCUT2D eigenvalue weighted by molar-refractivity contribution is 0.146. The van der Waals surface area contributed by atoms with Gasteiger partial charge >= 0.3 is 0 Å². The molecule has 0 aliphatic heterocycles. The lowest BCUT2D eigenvalue weighted by atomic mass is 10.3. The summed E-state index contributed by atoms with van der Waals surface area (Å²) in [5.41, 5.74) is 1.82. The zero-order valence-corrected chi connectivity index (χ0v) is 12.7. The topological polar surface area (TPSA) is 42.5 Å². The summed E-state index contributed by atoms with van der Waals surface area (Å²) in [4.78, 5) is 0. The van der Waals surface area contributed by atoms with Crippen LogP contribution in [-0.4, -0.2) is 25.4 Å². The zero-order chi connectivity index (χ0) is 14.9. The normalized spacial score (nSPS) is 9.95. The van der Waals surface area contributed by atoms with Crippen molar-refractivity contribution in [1.29, 1.82) is 0 Å². The van der Waals surface area contributed by atoms with Crippen LogP contribution < -0.4 is 15.4 Å². The quantitative estimate of drug-likeness (QED) is 0.631. The summed E-state index contributed by atoms with van der Waals surface area (Å²) >= 11 is 5.28. The number of para-hydroxylation sites is 1. The van der Waals surface area contributed by atoms with Crippen molar-refractivity contribution in [3.05, 3.63) is 54.6 Å². The van der Waals surface area contributed by atoms with Crippen molar-refractivity contribution in [2.45, 2.75) is 0 Å². The highest BCUT2D eigenvalue weighted by Crippen LogP contribution is 2.17. The molecule has 0 atom stereocenters. The summed E-state index contributed by atoms with van der Waals surface area (Å²) in [5, 5.41) is 6.79. The van der Waals surface area contributed by atoms with E-state index >= 15 is 0 Å². The predicted molar refractivity (Wildman–Crippen MR) is 90.1 cm³/mol. The first-order valence-corrected chi connectivity index (χ1v) is 7.03. The van der Waals surface area contributed by atoms with Crippen LogP contribution in [0, 0.1) is 0 Å². The molecule has 4 nitrogen and oxygen atoms in total. The predicted octanol–water partition coefficient (Wildman–Crippen LogP) is 3.52. The number of hydrogen-bond donors (Lipinski definition) is 2. The van der Waals surface area contributed by atoms with Gasteiger partial charge in [0, 0.05) is 24.6 Å². The first-order chi connectivity index (χ1) is 10.3. The number of methoxy groups -OCH3 is 1. The van der Waals surface area contributed by atoms with Crippen LogP contribution in [-0.2, 0) is 4.74 Å². The van der Waals surface area contributed by atoms with Crippen molar-refractivity contribution < 1.29 is 9.47 Å².